The van der Waals surface area contributed by atoms with Gasteiger partial charge in [0, 0.05) is 26.4 Å². The second-order valence-electron chi connectivity index (χ2n) is 4.29. The van der Waals surface area contributed by atoms with Crippen molar-refractivity contribution in [2.75, 3.05) is 39.2 Å². The van der Waals surface area contributed by atoms with E-state index in [9.17, 15) is 9.59 Å². The van der Waals surface area contributed by atoms with Gasteiger partial charge in [-0.05, 0) is 31.2 Å². The van der Waals surface area contributed by atoms with Crippen LogP contribution < -0.4 is 10.1 Å². The molecule has 1 aromatic carbocycles. The minimum atomic E-state index is -0.205. The summed E-state index contributed by atoms with van der Waals surface area (Å²) < 4.78 is 10.3. The molecule has 0 saturated heterocycles. The van der Waals surface area contributed by atoms with E-state index in [1.807, 2.05) is 6.92 Å². The molecule has 2 amide bonds. The van der Waals surface area contributed by atoms with Crippen molar-refractivity contribution in [2.45, 2.75) is 6.92 Å². The molecule has 0 bridgehead atoms. The van der Waals surface area contributed by atoms with Crippen LogP contribution in [0.2, 0.25) is 0 Å². The smallest absolute Gasteiger partial charge is 0.259 e. The molecular formula is C14H20N2O4. The largest absolute Gasteiger partial charge is 0.484 e. The summed E-state index contributed by atoms with van der Waals surface area (Å²) in [7, 11) is 3.34. The van der Waals surface area contributed by atoms with E-state index >= 15 is 0 Å². The van der Waals surface area contributed by atoms with Gasteiger partial charge in [-0.15, -0.1) is 0 Å². The first-order valence-electron chi connectivity index (χ1n) is 6.33. The van der Waals surface area contributed by atoms with Crippen LogP contribution in [0, 0.1) is 0 Å². The topological polar surface area (TPSA) is 67.9 Å². The standard InChI is InChI=1S/C14H20N2O4/c1-4-19-9-13(17)15-11-5-7-12(8-6-11)20-10-14(18)16(2)3/h5-8H,4,9-10H2,1-3H3,(H,15,17). The van der Waals surface area contributed by atoms with Crippen molar-refractivity contribution in [3.8, 4) is 5.75 Å². The van der Waals surface area contributed by atoms with E-state index in [1.54, 1.807) is 38.4 Å². The molecule has 0 aliphatic carbocycles. The van der Waals surface area contributed by atoms with Gasteiger partial charge in [0.25, 0.3) is 5.91 Å². The lowest BCUT2D eigenvalue weighted by atomic mass is 10.3. The van der Waals surface area contributed by atoms with Gasteiger partial charge >= 0.3 is 0 Å². The summed E-state index contributed by atoms with van der Waals surface area (Å²) in [6.45, 7) is 2.35. The summed E-state index contributed by atoms with van der Waals surface area (Å²) in [5, 5.41) is 2.69. The summed E-state index contributed by atoms with van der Waals surface area (Å²) in [6.07, 6.45) is 0. The van der Waals surface area contributed by atoms with Gasteiger partial charge in [0.15, 0.2) is 6.61 Å². The predicted molar refractivity (Wildman–Crippen MR) is 75.8 cm³/mol. The highest BCUT2D eigenvalue weighted by molar-refractivity contribution is 5.91. The Kier molecular flexibility index (Phi) is 6.52. The minimum absolute atomic E-state index is 0.0109. The van der Waals surface area contributed by atoms with Crippen LogP contribution in [0.3, 0.4) is 0 Å². The fraction of sp³-hybridized carbons (Fsp3) is 0.429. The second-order valence-corrected chi connectivity index (χ2v) is 4.29. The number of hydrogen-bond acceptors (Lipinski definition) is 4. The van der Waals surface area contributed by atoms with Gasteiger partial charge in [-0.3, -0.25) is 9.59 Å². The number of likely N-dealkylation sites (N-methyl/N-ethyl adjacent to an activating group) is 1. The number of anilines is 1. The minimum Gasteiger partial charge on any atom is -0.484 e. The van der Waals surface area contributed by atoms with Crippen molar-refractivity contribution in [2.24, 2.45) is 0 Å². The highest BCUT2D eigenvalue weighted by Gasteiger charge is 2.05. The molecule has 20 heavy (non-hydrogen) atoms. The van der Waals surface area contributed by atoms with Crippen molar-refractivity contribution >= 4 is 17.5 Å². The van der Waals surface area contributed by atoms with Gasteiger partial charge < -0.3 is 19.7 Å². The summed E-state index contributed by atoms with van der Waals surface area (Å²) >= 11 is 0. The van der Waals surface area contributed by atoms with E-state index in [0.29, 0.717) is 18.0 Å². The molecule has 110 valence electrons. The number of nitrogens with one attached hydrogen (secondary N) is 1. The highest BCUT2D eigenvalue weighted by atomic mass is 16.5. The van der Waals surface area contributed by atoms with Crippen LogP contribution in [0.25, 0.3) is 0 Å². The first kappa shape index (κ1) is 16.0. The highest BCUT2D eigenvalue weighted by Crippen LogP contribution is 2.15. The van der Waals surface area contributed by atoms with Crippen molar-refractivity contribution in [3.63, 3.8) is 0 Å². The molecule has 1 rings (SSSR count). The van der Waals surface area contributed by atoms with Crippen LogP contribution in [0.4, 0.5) is 5.69 Å². The fourth-order valence-corrected chi connectivity index (χ4v) is 1.30. The Hall–Kier alpha value is -2.08. The third-order valence-electron chi connectivity index (χ3n) is 2.44. The zero-order valence-corrected chi connectivity index (χ0v) is 12.0. The van der Waals surface area contributed by atoms with Crippen molar-refractivity contribution in [3.05, 3.63) is 24.3 Å². The molecule has 0 spiro atoms. The third kappa shape index (κ3) is 5.71. The molecule has 0 unspecified atom stereocenters. The zero-order valence-electron chi connectivity index (χ0n) is 12.0. The number of amides is 2. The zero-order chi connectivity index (χ0) is 15.0. The summed E-state index contributed by atoms with van der Waals surface area (Å²) in [5.74, 6) is 0.255. The molecule has 1 aromatic rings. The Bertz CT molecular complexity index is 443. The van der Waals surface area contributed by atoms with Crippen LogP contribution in [0.15, 0.2) is 24.3 Å². The lowest BCUT2D eigenvalue weighted by molar-refractivity contribution is -0.130. The average molecular weight is 280 g/mol. The summed E-state index contributed by atoms with van der Waals surface area (Å²) in [4.78, 5) is 24.2. The summed E-state index contributed by atoms with van der Waals surface area (Å²) in [6, 6.07) is 6.80. The average Bonchev–Trinajstić information content (AvgIpc) is 2.43. The summed E-state index contributed by atoms with van der Waals surface area (Å²) in [5.41, 5.74) is 0.654. The number of benzene rings is 1. The molecule has 0 heterocycles. The van der Waals surface area contributed by atoms with Gasteiger partial charge in [0.05, 0.1) is 0 Å². The molecule has 0 saturated carbocycles. The first-order valence-corrected chi connectivity index (χ1v) is 6.33. The van der Waals surface area contributed by atoms with E-state index in [4.69, 9.17) is 9.47 Å². The second kappa shape index (κ2) is 8.16. The van der Waals surface area contributed by atoms with Crippen LogP contribution >= 0.6 is 0 Å². The molecule has 0 radical (unpaired) electrons. The lowest BCUT2D eigenvalue weighted by Gasteiger charge is -2.11. The molecule has 0 aromatic heterocycles. The molecule has 0 fully saturated rings. The van der Waals surface area contributed by atoms with Gasteiger partial charge in [-0.1, -0.05) is 0 Å². The van der Waals surface area contributed by atoms with Crippen molar-refractivity contribution in [1.82, 2.24) is 4.90 Å². The van der Waals surface area contributed by atoms with Crippen LogP contribution in [0.5, 0.6) is 5.75 Å². The maximum Gasteiger partial charge on any atom is 0.259 e. The van der Waals surface area contributed by atoms with E-state index in [-0.39, 0.29) is 25.0 Å². The molecule has 6 nitrogen and oxygen atoms in total. The van der Waals surface area contributed by atoms with E-state index < -0.39 is 0 Å². The maximum atomic E-state index is 11.4. The van der Waals surface area contributed by atoms with Crippen molar-refractivity contribution in [1.29, 1.82) is 0 Å². The Morgan fingerprint density at radius 2 is 1.80 bits per heavy atom. The lowest BCUT2D eigenvalue weighted by Crippen LogP contribution is -2.27. The van der Waals surface area contributed by atoms with Gasteiger partial charge in [-0.2, -0.15) is 0 Å². The van der Waals surface area contributed by atoms with Gasteiger partial charge in [0.1, 0.15) is 12.4 Å². The third-order valence-corrected chi connectivity index (χ3v) is 2.44. The number of nitrogens with zero attached hydrogens (tertiary/aromatic N) is 1. The molecule has 6 heteroatoms. The van der Waals surface area contributed by atoms with E-state index in [2.05, 4.69) is 5.32 Å². The predicted octanol–water partition coefficient (Wildman–Crippen LogP) is 1.13. The fourth-order valence-electron chi connectivity index (χ4n) is 1.30. The maximum absolute atomic E-state index is 11.4. The first-order chi connectivity index (χ1) is 9.52. The Morgan fingerprint density at radius 1 is 1.15 bits per heavy atom. The molecule has 0 atom stereocenters. The normalized spacial score (nSPS) is 9.95. The molecule has 1 N–H and O–H groups in total. The Labute approximate surface area is 118 Å². The number of carbonyl (C=O) groups excluding carboxylic acids is 2. The Balaban J connectivity index is 2.44. The molecular weight excluding hydrogens is 260 g/mol. The van der Waals surface area contributed by atoms with Crippen LogP contribution in [0.1, 0.15) is 6.92 Å². The number of ether oxygens (including phenoxy) is 2. The number of carbonyl (C=O) groups is 2. The Morgan fingerprint density at radius 3 is 2.35 bits per heavy atom. The number of hydrogen-bond donors (Lipinski definition) is 1. The van der Waals surface area contributed by atoms with Crippen LogP contribution in [-0.4, -0.2) is 50.6 Å². The molecule has 0 aliphatic heterocycles. The molecule has 0 aliphatic rings. The number of rotatable bonds is 7. The van der Waals surface area contributed by atoms with Crippen molar-refractivity contribution < 1.29 is 19.1 Å². The SMILES string of the molecule is CCOCC(=O)Nc1ccc(OCC(=O)N(C)C)cc1. The van der Waals surface area contributed by atoms with E-state index in [0.717, 1.165) is 0 Å². The van der Waals surface area contributed by atoms with E-state index in [1.165, 1.54) is 4.90 Å². The monoisotopic (exact) mass is 280 g/mol. The quantitative estimate of drug-likeness (QED) is 0.813. The van der Waals surface area contributed by atoms with Gasteiger partial charge in [-0.25, -0.2) is 0 Å². The van der Waals surface area contributed by atoms with Crippen LogP contribution in [-0.2, 0) is 14.3 Å². The van der Waals surface area contributed by atoms with Gasteiger partial charge in [0.2, 0.25) is 5.91 Å².